The van der Waals surface area contributed by atoms with Gasteiger partial charge in [-0.15, -0.1) is 0 Å². The molecule has 4 heterocycles. The maximum Gasteiger partial charge on any atom is 0.407 e. The number of hydrogen-bond donors (Lipinski definition) is 1. The molecule has 1 amide bonds. The molecule has 2 saturated heterocycles. The summed E-state index contributed by atoms with van der Waals surface area (Å²) in [5, 5.41) is 3.52. The Morgan fingerprint density at radius 3 is 2.30 bits per heavy atom. The summed E-state index contributed by atoms with van der Waals surface area (Å²) in [5.74, 6) is 2.06. The van der Waals surface area contributed by atoms with E-state index in [1.165, 1.54) is 6.07 Å². The van der Waals surface area contributed by atoms with Gasteiger partial charge in [0.25, 0.3) is 0 Å². The Kier molecular flexibility index (Phi) is 10.3. The summed E-state index contributed by atoms with van der Waals surface area (Å²) in [5.41, 5.74) is -0.0605. The molecule has 10 nitrogen and oxygen atoms in total. The van der Waals surface area contributed by atoms with Gasteiger partial charge in [-0.3, -0.25) is 0 Å². The molecule has 0 aliphatic carbocycles. The van der Waals surface area contributed by atoms with E-state index in [2.05, 4.69) is 30.2 Å². The molecule has 236 valence electrons. The van der Waals surface area contributed by atoms with Crippen LogP contribution in [0.15, 0.2) is 49.1 Å². The van der Waals surface area contributed by atoms with E-state index in [-0.39, 0.29) is 17.8 Å². The number of nitrogens with zero attached hydrogens (tertiary/aromatic N) is 6. The fourth-order valence-electron chi connectivity index (χ4n) is 5.89. The lowest BCUT2D eigenvalue weighted by atomic mass is 9.85. The van der Waals surface area contributed by atoms with Crippen LogP contribution in [0, 0.1) is 11.7 Å². The third-order valence-corrected chi connectivity index (χ3v) is 8.24. The van der Waals surface area contributed by atoms with Crippen LogP contribution >= 0.6 is 11.6 Å². The monoisotopic (exact) mass is 625 g/mol. The lowest BCUT2D eigenvalue weighted by Gasteiger charge is -2.39. The zero-order valence-corrected chi connectivity index (χ0v) is 26.3. The first kappa shape index (κ1) is 31.7. The van der Waals surface area contributed by atoms with E-state index < -0.39 is 11.7 Å². The van der Waals surface area contributed by atoms with Gasteiger partial charge in [0.15, 0.2) is 5.75 Å². The van der Waals surface area contributed by atoms with E-state index in [0.717, 1.165) is 44.7 Å². The summed E-state index contributed by atoms with van der Waals surface area (Å²) >= 11 is 5.90. The molecule has 12 heteroatoms. The van der Waals surface area contributed by atoms with Gasteiger partial charge >= 0.3 is 6.09 Å². The van der Waals surface area contributed by atoms with Gasteiger partial charge in [-0.25, -0.2) is 29.1 Å². The number of carbonyl (C=O) groups excluding carboxylic acids is 1. The number of anilines is 2. The van der Waals surface area contributed by atoms with Crippen molar-refractivity contribution in [1.29, 1.82) is 0 Å². The van der Waals surface area contributed by atoms with Crippen molar-refractivity contribution in [2.24, 2.45) is 5.92 Å². The van der Waals surface area contributed by atoms with Gasteiger partial charge in [0.2, 0.25) is 11.9 Å². The maximum absolute atomic E-state index is 14.7. The van der Waals surface area contributed by atoms with Crippen LogP contribution in [0.2, 0.25) is 5.02 Å². The molecule has 2 aliphatic rings. The van der Waals surface area contributed by atoms with Crippen molar-refractivity contribution in [3.05, 3.63) is 65.5 Å². The molecule has 2 aliphatic heterocycles. The molecule has 0 unspecified atom stereocenters. The molecule has 5 rings (SSSR count). The SMILES string of the molecule is CC(C)(C)OC(=O)N[C@H]1CN(c2ncc(OCCCC3CCN(c4ncc(Cl)cn4)CC3)cn2)CC[C@@H]1c1ccccc1F. The Bertz CT molecular complexity index is 1370. The first-order valence-corrected chi connectivity index (χ1v) is 15.7. The molecular weight excluding hydrogens is 585 g/mol. The summed E-state index contributed by atoms with van der Waals surface area (Å²) in [4.78, 5) is 34.7. The van der Waals surface area contributed by atoms with Crippen molar-refractivity contribution < 1.29 is 18.7 Å². The fourth-order valence-corrected chi connectivity index (χ4v) is 5.98. The molecule has 1 aromatic carbocycles. The van der Waals surface area contributed by atoms with Crippen LogP contribution in [0.1, 0.15) is 64.4 Å². The Labute approximate surface area is 263 Å². The highest BCUT2D eigenvalue weighted by molar-refractivity contribution is 6.30. The molecule has 44 heavy (non-hydrogen) atoms. The topological polar surface area (TPSA) is 106 Å². The molecule has 2 atom stereocenters. The molecule has 1 N–H and O–H groups in total. The number of nitrogens with one attached hydrogen (secondary N) is 1. The number of aromatic nitrogens is 4. The number of rotatable bonds is 9. The van der Waals surface area contributed by atoms with Crippen molar-refractivity contribution in [2.75, 3.05) is 42.6 Å². The molecule has 2 aromatic heterocycles. The summed E-state index contributed by atoms with van der Waals surface area (Å²) < 4.78 is 26.2. The minimum atomic E-state index is -0.643. The second kappa shape index (κ2) is 14.4. The van der Waals surface area contributed by atoms with Crippen LogP contribution < -0.4 is 19.9 Å². The largest absolute Gasteiger partial charge is 0.490 e. The number of piperidine rings is 2. The van der Waals surface area contributed by atoms with Gasteiger partial charge in [-0.1, -0.05) is 29.8 Å². The van der Waals surface area contributed by atoms with E-state index in [0.29, 0.717) is 54.3 Å². The normalized spacial score (nSPS) is 19.5. The number of carbonyl (C=O) groups is 1. The van der Waals surface area contributed by atoms with Gasteiger partial charge in [-0.05, 0) is 70.4 Å². The van der Waals surface area contributed by atoms with E-state index in [1.807, 2.05) is 31.7 Å². The van der Waals surface area contributed by atoms with E-state index in [4.69, 9.17) is 21.1 Å². The zero-order chi connectivity index (χ0) is 31.1. The summed E-state index contributed by atoms with van der Waals surface area (Å²) in [6, 6.07) is 6.33. The molecular formula is C32H41ClFN7O3. The predicted molar refractivity (Wildman–Crippen MR) is 168 cm³/mol. The second-order valence-corrected chi connectivity index (χ2v) is 12.9. The number of hydrogen-bond acceptors (Lipinski definition) is 9. The van der Waals surface area contributed by atoms with E-state index >= 15 is 0 Å². The Morgan fingerprint density at radius 2 is 1.61 bits per heavy atom. The lowest BCUT2D eigenvalue weighted by molar-refractivity contribution is 0.0492. The highest BCUT2D eigenvalue weighted by Gasteiger charge is 2.35. The van der Waals surface area contributed by atoms with Gasteiger partial charge < -0.3 is 24.6 Å². The van der Waals surface area contributed by atoms with Crippen molar-refractivity contribution in [3.63, 3.8) is 0 Å². The minimum absolute atomic E-state index is 0.208. The zero-order valence-electron chi connectivity index (χ0n) is 25.6. The van der Waals surface area contributed by atoms with Gasteiger partial charge in [0, 0.05) is 32.1 Å². The first-order valence-electron chi connectivity index (χ1n) is 15.3. The van der Waals surface area contributed by atoms with Crippen molar-refractivity contribution in [3.8, 4) is 5.75 Å². The average Bonchev–Trinajstić information content (AvgIpc) is 3.00. The fraction of sp³-hybridized carbons (Fsp3) is 0.531. The van der Waals surface area contributed by atoms with Crippen LogP contribution in [0.4, 0.5) is 21.1 Å². The number of halogens is 2. The summed E-state index contributed by atoms with van der Waals surface area (Å²) in [6.45, 7) is 8.95. The van der Waals surface area contributed by atoms with Crippen molar-refractivity contribution in [2.45, 2.75) is 70.4 Å². The van der Waals surface area contributed by atoms with Crippen LogP contribution in [0.5, 0.6) is 5.75 Å². The maximum atomic E-state index is 14.7. The van der Waals surface area contributed by atoms with E-state index in [9.17, 15) is 9.18 Å². The van der Waals surface area contributed by atoms with Crippen molar-refractivity contribution >= 4 is 29.6 Å². The highest BCUT2D eigenvalue weighted by atomic mass is 35.5. The lowest BCUT2D eigenvalue weighted by Crippen LogP contribution is -2.53. The quantitative estimate of drug-likeness (QED) is 0.286. The smallest absolute Gasteiger partial charge is 0.407 e. The Balaban J connectivity index is 1.10. The molecule has 0 saturated carbocycles. The predicted octanol–water partition coefficient (Wildman–Crippen LogP) is 6.02. The summed E-state index contributed by atoms with van der Waals surface area (Å²) in [7, 11) is 0. The van der Waals surface area contributed by atoms with Gasteiger partial charge in [-0.2, -0.15) is 0 Å². The van der Waals surface area contributed by atoms with Crippen molar-refractivity contribution in [1.82, 2.24) is 25.3 Å². The Hall–Kier alpha value is -3.73. The van der Waals surface area contributed by atoms with Gasteiger partial charge in [0.05, 0.1) is 42.5 Å². The van der Waals surface area contributed by atoms with E-state index in [1.54, 1.807) is 36.9 Å². The summed E-state index contributed by atoms with van der Waals surface area (Å²) in [6.07, 6.45) is 11.0. The number of ether oxygens (including phenoxy) is 2. The average molecular weight is 626 g/mol. The third-order valence-electron chi connectivity index (χ3n) is 8.05. The molecule has 3 aromatic rings. The van der Waals surface area contributed by atoms with Crippen LogP contribution in [-0.4, -0.2) is 70.5 Å². The molecule has 0 spiro atoms. The molecule has 0 bridgehead atoms. The Morgan fingerprint density at radius 1 is 0.977 bits per heavy atom. The van der Waals surface area contributed by atoms with Crippen LogP contribution in [-0.2, 0) is 4.74 Å². The third kappa shape index (κ3) is 8.68. The molecule has 2 fully saturated rings. The van der Waals surface area contributed by atoms with Crippen LogP contribution in [0.3, 0.4) is 0 Å². The first-order chi connectivity index (χ1) is 21.1. The van der Waals surface area contributed by atoms with Crippen LogP contribution in [0.25, 0.3) is 0 Å². The highest BCUT2D eigenvalue weighted by Crippen LogP contribution is 2.32. The minimum Gasteiger partial charge on any atom is -0.490 e. The number of alkyl carbamates (subject to hydrolysis) is 1. The van der Waals surface area contributed by atoms with Gasteiger partial charge in [0.1, 0.15) is 11.4 Å². The second-order valence-electron chi connectivity index (χ2n) is 12.5. The standard InChI is InChI=1S/C32H41ClFN7O3/c1-32(2,3)44-31(42)39-28-21-41(15-12-26(28)25-8-4-5-9-27(25)34)30-37-19-24(20-38-30)43-16-6-7-22-10-13-40(14-11-22)29-35-17-23(33)18-36-29/h4-5,8-9,17-20,22,26,28H,6-7,10-16,21H2,1-3H3,(H,39,42)/t26-,28+/m1/s1. The molecule has 0 radical (unpaired) electrons. The number of benzene rings is 1. The number of amides is 1.